The number of aliphatic hydroxyl groups excluding tert-OH is 1. The fourth-order valence-electron chi connectivity index (χ4n) is 1.76. The van der Waals surface area contributed by atoms with E-state index < -0.39 is 6.10 Å². The molecule has 0 aliphatic heterocycles. The van der Waals surface area contributed by atoms with E-state index in [1.165, 1.54) is 6.92 Å². The highest BCUT2D eigenvalue weighted by Crippen LogP contribution is 2.31. The highest BCUT2D eigenvalue weighted by molar-refractivity contribution is 5.90. The van der Waals surface area contributed by atoms with Crippen LogP contribution in [0, 0.1) is 0 Å². The maximum Gasteiger partial charge on any atom is 0.225 e. The number of aliphatic hydroxyl groups is 1. The van der Waals surface area contributed by atoms with Crippen molar-refractivity contribution < 1.29 is 14.6 Å². The van der Waals surface area contributed by atoms with Gasteiger partial charge in [0.1, 0.15) is 0 Å². The fourth-order valence-corrected chi connectivity index (χ4v) is 1.76. The van der Waals surface area contributed by atoms with E-state index in [0.717, 1.165) is 0 Å². The van der Waals surface area contributed by atoms with Gasteiger partial charge >= 0.3 is 0 Å². The van der Waals surface area contributed by atoms with Crippen LogP contribution in [-0.4, -0.2) is 16.0 Å². The molecular formula is C15H16N2O3. The lowest BCUT2D eigenvalue weighted by atomic mass is 10.2. The van der Waals surface area contributed by atoms with E-state index in [4.69, 9.17) is 4.74 Å². The highest BCUT2D eigenvalue weighted by atomic mass is 16.5. The van der Waals surface area contributed by atoms with Crippen molar-refractivity contribution in [2.24, 2.45) is 0 Å². The van der Waals surface area contributed by atoms with Gasteiger partial charge in [-0.3, -0.25) is 4.79 Å². The summed E-state index contributed by atoms with van der Waals surface area (Å²) in [5, 5.41) is 12.4. The molecule has 1 aromatic heterocycles. The van der Waals surface area contributed by atoms with Crippen molar-refractivity contribution in [1.29, 1.82) is 0 Å². The highest BCUT2D eigenvalue weighted by Gasteiger charge is 2.13. The molecule has 0 spiro atoms. The third kappa shape index (κ3) is 3.33. The third-order valence-electron chi connectivity index (χ3n) is 2.66. The number of anilines is 1. The van der Waals surface area contributed by atoms with Gasteiger partial charge in [0.05, 0.1) is 11.8 Å². The van der Waals surface area contributed by atoms with E-state index in [1.54, 1.807) is 49.5 Å². The zero-order valence-corrected chi connectivity index (χ0v) is 11.3. The average molecular weight is 272 g/mol. The number of hydrogen-bond acceptors (Lipinski definition) is 4. The number of carbonyl (C=O) groups is 1. The van der Waals surface area contributed by atoms with Crippen LogP contribution in [0.25, 0.3) is 0 Å². The number of benzene rings is 1. The van der Waals surface area contributed by atoms with Crippen molar-refractivity contribution in [2.45, 2.75) is 20.0 Å². The number of aromatic nitrogens is 1. The van der Waals surface area contributed by atoms with Gasteiger partial charge in [-0.1, -0.05) is 12.1 Å². The number of para-hydroxylation sites is 2. The summed E-state index contributed by atoms with van der Waals surface area (Å²) in [6, 6.07) is 10.5. The summed E-state index contributed by atoms with van der Waals surface area (Å²) < 4.78 is 5.72. The molecule has 1 unspecified atom stereocenters. The Balaban J connectivity index is 2.33. The topological polar surface area (TPSA) is 71.5 Å². The molecule has 0 aliphatic rings. The van der Waals surface area contributed by atoms with Gasteiger partial charge in [0.15, 0.2) is 5.75 Å². The SMILES string of the molecule is CC(=O)Nc1ccccc1Oc1ncccc1C(C)O. The van der Waals surface area contributed by atoms with Crippen LogP contribution in [0.15, 0.2) is 42.6 Å². The maximum atomic E-state index is 11.2. The molecule has 104 valence electrons. The summed E-state index contributed by atoms with van der Waals surface area (Å²) in [5.74, 6) is 0.612. The van der Waals surface area contributed by atoms with Crippen molar-refractivity contribution in [2.75, 3.05) is 5.32 Å². The van der Waals surface area contributed by atoms with Crippen molar-refractivity contribution in [3.63, 3.8) is 0 Å². The van der Waals surface area contributed by atoms with Gasteiger partial charge in [0.25, 0.3) is 0 Å². The minimum Gasteiger partial charge on any atom is -0.436 e. The normalized spacial score (nSPS) is 11.8. The van der Waals surface area contributed by atoms with E-state index in [-0.39, 0.29) is 5.91 Å². The van der Waals surface area contributed by atoms with Gasteiger partial charge in [-0.2, -0.15) is 0 Å². The molecule has 2 aromatic rings. The Hall–Kier alpha value is -2.40. The fraction of sp³-hybridized carbons (Fsp3) is 0.200. The van der Waals surface area contributed by atoms with Gasteiger partial charge in [0, 0.05) is 18.7 Å². The number of nitrogens with zero attached hydrogens (tertiary/aromatic N) is 1. The molecule has 0 aliphatic carbocycles. The first-order chi connectivity index (χ1) is 9.58. The number of rotatable bonds is 4. The number of hydrogen-bond donors (Lipinski definition) is 2. The maximum absolute atomic E-state index is 11.2. The van der Waals surface area contributed by atoms with Crippen LogP contribution in [0.4, 0.5) is 5.69 Å². The Labute approximate surface area is 117 Å². The standard InChI is InChI=1S/C15H16N2O3/c1-10(18)12-6-5-9-16-15(12)20-14-8-4-3-7-13(14)17-11(2)19/h3-10,18H,1-2H3,(H,17,19). The van der Waals surface area contributed by atoms with Crippen molar-refractivity contribution in [1.82, 2.24) is 4.98 Å². The zero-order chi connectivity index (χ0) is 14.5. The van der Waals surface area contributed by atoms with Crippen molar-refractivity contribution in [3.8, 4) is 11.6 Å². The van der Waals surface area contributed by atoms with Crippen LogP contribution in [-0.2, 0) is 4.79 Å². The van der Waals surface area contributed by atoms with Crippen LogP contribution >= 0.6 is 0 Å². The van der Waals surface area contributed by atoms with Gasteiger partial charge in [-0.15, -0.1) is 0 Å². The predicted molar refractivity (Wildman–Crippen MR) is 75.7 cm³/mol. The molecular weight excluding hydrogens is 256 g/mol. The lowest BCUT2D eigenvalue weighted by Crippen LogP contribution is -2.07. The summed E-state index contributed by atoms with van der Waals surface area (Å²) in [6.07, 6.45) is 0.897. The average Bonchev–Trinajstić information content (AvgIpc) is 2.41. The number of nitrogens with one attached hydrogen (secondary N) is 1. The Kier molecular flexibility index (Phi) is 4.32. The molecule has 0 fully saturated rings. The van der Waals surface area contributed by atoms with Crippen LogP contribution in [0.5, 0.6) is 11.6 Å². The molecule has 0 radical (unpaired) electrons. The molecule has 0 saturated carbocycles. The minimum atomic E-state index is -0.688. The quantitative estimate of drug-likeness (QED) is 0.897. The lowest BCUT2D eigenvalue weighted by Gasteiger charge is -2.14. The van der Waals surface area contributed by atoms with Crippen LogP contribution < -0.4 is 10.1 Å². The second-order valence-electron chi connectivity index (χ2n) is 4.35. The van der Waals surface area contributed by atoms with E-state index in [9.17, 15) is 9.90 Å². The largest absolute Gasteiger partial charge is 0.436 e. The number of carbonyl (C=O) groups excluding carboxylic acids is 1. The molecule has 1 atom stereocenters. The monoisotopic (exact) mass is 272 g/mol. The van der Waals surface area contributed by atoms with Gasteiger partial charge in [-0.05, 0) is 31.2 Å². The number of amides is 1. The minimum absolute atomic E-state index is 0.183. The first-order valence-electron chi connectivity index (χ1n) is 6.25. The predicted octanol–water partition coefficient (Wildman–Crippen LogP) is 2.89. The summed E-state index contributed by atoms with van der Waals surface area (Å²) in [6.45, 7) is 3.07. The second-order valence-corrected chi connectivity index (χ2v) is 4.35. The van der Waals surface area contributed by atoms with E-state index >= 15 is 0 Å². The Morgan fingerprint density at radius 1 is 1.30 bits per heavy atom. The number of pyridine rings is 1. The Morgan fingerprint density at radius 2 is 2.05 bits per heavy atom. The van der Waals surface area contributed by atoms with Crippen LogP contribution in [0.3, 0.4) is 0 Å². The molecule has 2 rings (SSSR count). The smallest absolute Gasteiger partial charge is 0.225 e. The van der Waals surface area contributed by atoms with Gasteiger partial charge < -0.3 is 15.2 Å². The molecule has 1 heterocycles. The zero-order valence-electron chi connectivity index (χ0n) is 11.3. The van der Waals surface area contributed by atoms with Crippen molar-refractivity contribution in [3.05, 3.63) is 48.2 Å². The van der Waals surface area contributed by atoms with Gasteiger partial charge in [-0.25, -0.2) is 4.98 Å². The summed E-state index contributed by atoms with van der Waals surface area (Å²) in [7, 11) is 0. The molecule has 1 aromatic carbocycles. The number of ether oxygens (including phenoxy) is 1. The summed E-state index contributed by atoms with van der Waals surface area (Å²) in [5.41, 5.74) is 1.15. The molecule has 5 heteroatoms. The summed E-state index contributed by atoms with van der Waals surface area (Å²) in [4.78, 5) is 15.3. The van der Waals surface area contributed by atoms with E-state index in [2.05, 4.69) is 10.3 Å². The van der Waals surface area contributed by atoms with Crippen LogP contribution in [0.1, 0.15) is 25.5 Å². The van der Waals surface area contributed by atoms with E-state index in [1.807, 2.05) is 0 Å². The van der Waals surface area contributed by atoms with Gasteiger partial charge in [0.2, 0.25) is 11.8 Å². The summed E-state index contributed by atoms with van der Waals surface area (Å²) >= 11 is 0. The molecule has 20 heavy (non-hydrogen) atoms. The molecule has 1 amide bonds. The first-order valence-corrected chi connectivity index (χ1v) is 6.25. The van der Waals surface area contributed by atoms with Crippen molar-refractivity contribution >= 4 is 11.6 Å². The molecule has 0 bridgehead atoms. The molecule has 0 saturated heterocycles. The van der Waals surface area contributed by atoms with E-state index in [0.29, 0.717) is 22.9 Å². The molecule has 5 nitrogen and oxygen atoms in total. The molecule has 2 N–H and O–H groups in total. The Bertz CT molecular complexity index is 612. The second kappa shape index (κ2) is 6.16. The third-order valence-corrected chi connectivity index (χ3v) is 2.66. The Morgan fingerprint density at radius 3 is 2.75 bits per heavy atom. The van der Waals surface area contributed by atoms with Crippen LogP contribution in [0.2, 0.25) is 0 Å². The lowest BCUT2D eigenvalue weighted by molar-refractivity contribution is -0.114. The first kappa shape index (κ1) is 14.0.